The van der Waals surface area contributed by atoms with E-state index in [0.29, 0.717) is 13.0 Å². The normalized spacial score (nSPS) is 12.3. The minimum Gasteiger partial charge on any atom is -0.481 e. The van der Waals surface area contributed by atoms with Gasteiger partial charge in [0.15, 0.2) is 0 Å². The summed E-state index contributed by atoms with van der Waals surface area (Å²) in [6.45, 7) is 4.58. The van der Waals surface area contributed by atoms with Gasteiger partial charge in [0.25, 0.3) is 0 Å². The standard InChI is InChI=1S/C27H50O4/c1-3-5-6-7-8-9-10-11-12-13-14-15-16-17-18-19-20-21-22-25(24-26(28)29)27(30)31-23-4-2/h9-10,25H,3-8,11-24H2,1-2H3,(H,28,29)/b10-9+. The number of allylic oxidation sites excluding steroid dienone is 2. The summed E-state index contributed by atoms with van der Waals surface area (Å²) in [5, 5.41) is 9.00. The number of esters is 1. The van der Waals surface area contributed by atoms with Crippen LogP contribution in [0.5, 0.6) is 0 Å². The van der Waals surface area contributed by atoms with Gasteiger partial charge in [-0.05, 0) is 38.5 Å². The molecular formula is C27H50O4. The molecular weight excluding hydrogens is 388 g/mol. The third-order valence-corrected chi connectivity index (χ3v) is 5.77. The second-order valence-electron chi connectivity index (χ2n) is 8.90. The molecule has 1 N–H and O–H groups in total. The van der Waals surface area contributed by atoms with E-state index < -0.39 is 11.9 Å². The first-order chi connectivity index (χ1) is 15.1. The van der Waals surface area contributed by atoms with Gasteiger partial charge >= 0.3 is 11.9 Å². The fourth-order valence-corrected chi connectivity index (χ4v) is 3.83. The van der Waals surface area contributed by atoms with E-state index >= 15 is 0 Å². The third-order valence-electron chi connectivity index (χ3n) is 5.77. The first-order valence-electron chi connectivity index (χ1n) is 13.1. The van der Waals surface area contributed by atoms with Crippen molar-refractivity contribution < 1.29 is 19.4 Å². The Bertz CT molecular complexity index is 445. The van der Waals surface area contributed by atoms with E-state index in [1.807, 2.05) is 6.92 Å². The molecule has 4 nitrogen and oxygen atoms in total. The van der Waals surface area contributed by atoms with Crippen LogP contribution < -0.4 is 0 Å². The highest BCUT2D eigenvalue weighted by molar-refractivity contribution is 5.79. The molecule has 0 aromatic rings. The predicted octanol–water partition coefficient (Wildman–Crippen LogP) is 8.24. The lowest BCUT2D eigenvalue weighted by molar-refractivity contribution is -0.153. The number of carbonyl (C=O) groups excluding carboxylic acids is 1. The average Bonchev–Trinajstić information content (AvgIpc) is 2.75. The molecule has 0 aliphatic rings. The van der Waals surface area contributed by atoms with Crippen LogP contribution in [-0.4, -0.2) is 23.7 Å². The molecule has 1 unspecified atom stereocenters. The molecule has 0 heterocycles. The number of carboxylic acids is 1. The second-order valence-corrected chi connectivity index (χ2v) is 8.90. The van der Waals surface area contributed by atoms with Crippen LogP contribution in [0, 0.1) is 5.92 Å². The number of aliphatic carboxylic acids is 1. The molecule has 0 spiro atoms. The fourth-order valence-electron chi connectivity index (χ4n) is 3.83. The molecule has 0 aliphatic heterocycles. The van der Waals surface area contributed by atoms with Crippen LogP contribution in [0.2, 0.25) is 0 Å². The number of carbonyl (C=O) groups is 2. The van der Waals surface area contributed by atoms with Crippen LogP contribution in [-0.2, 0) is 14.3 Å². The van der Waals surface area contributed by atoms with E-state index in [1.165, 1.54) is 89.9 Å². The number of unbranched alkanes of at least 4 members (excludes halogenated alkanes) is 14. The van der Waals surface area contributed by atoms with E-state index in [9.17, 15) is 9.59 Å². The van der Waals surface area contributed by atoms with Gasteiger partial charge in [-0.3, -0.25) is 9.59 Å². The zero-order valence-electron chi connectivity index (χ0n) is 20.5. The smallest absolute Gasteiger partial charge is 0.309 e. The Kier molecular flexibility index (Phi) is 22.4. The minimum absolute atomic E-state index is 0.114. The molecule has 0 fully saturated rings. The highest BCUT2D eigenvalue weighted by atomic mass is 16.5. The minimum atomic E-state index is -0.920. The highest BCUT2D eigenvalue weighted by Gasteiger charge is 2.22. The Labute approximate surface area is 192 Å². The molecule has 0 rings (SSSR count). The van der Waals surface area contributed by atoms with Crippen LogP contribution in [0.4, 0.5) is 0 Å². The number of hydrogen-bond donors (Lipinski definition) is 1. The summed E-state index contributed by atoms with van der Waals surface area (Å²) in [6, 6.07) is 0. The SMILES string of the molecule is CCCCCC/C=C/CCCCCCCCCCCCC(CC(=O)O)C(=O)OCCC. The Hall–Kier alpha value is -1.32. The van der Waals surface area contributed by atoms with Crippen LogP contribution in [0.25, 0.3) is 0 Å². The number of hydrogen-bond acceptors (Lipinski definition) is 3. The van der Waals surface area contributed by atoms with Crippen molar-refractivity contribution in [2.24, 2.45) is 5.92 Å². The zero-order valence-corrected chi connectivity index (χ0v) is 20.5. The third kappa shape index (κ3) is 21.7. The molecule has 0 aromatic carbocycles. The molecule has 0 radical (unpaired) electrons. The summed E-state index contributed by atoms with van der Waals surface area (Å²) in [7, 11) is 0. The lowest BCUT2D eigenvalue weighted by atomic mass is 9.97. The van der Waals surface area contributed by atoms with Gasteiger partial charge in [-0.2, -0.15) is 0 Å². The van der Waals surface area contributed by atoms with Crippen molar-refractivity contribution in [2.45, 2.75) is 136 Å². The molecule has 1 atom stereocenters. The highest BCUT2D eigenvalue weighted by Crippen LogP contribution is 2.18. The van der Waals surface area contributed by atoms with Crippen molar-refractivity contribution in [3.05, 3.63) is 12.2 Å². The van der Waals surface area contributed by atoms with Gasteiger partial charge < -0.3 is 9.84 Å². The monoisotopic (exact) mass is 438 g/mol. The van der Waals surface area contributed by atoms with Gasteiger partial charge in [-0.25, -0.2) is 0 Å². The molecule has 0 saturated carbocycles. The summed E-state index contributed by atoms with van der Waals surface area (Å²) in [4.78, 5) is 22.9. The lowest BCUT2D eigenvalue weighted by Crippen LogP contribution is -2.21. The Morgan fingerprint density at radius 2 is 1.19 bits per heavy atom. The maximum atomic E-state index is 12.0. The van der Waals surface area contributed by atoms with Gasteiger partial charge in [0, 0.05) is 0 Å². The van der Waals surface area contributed by atoms with Crippen LogP contribution in [0.1, 0.15) is 136 Å². The average molecular weight is 439 g/mol. The van der Waals surface area contributed by atoms with Gasteiger partial charge in [0.1, 0.15) is 0 Å². The predicted molar refractivity (Wildman–Crippen MR) is 130 cm³/mol. The van der Waals surface area contributed by atoms with E-state index in [2.05, 4.69) is 19.1 Å². The summed E-state index contributed by atoms with van der Waals surface area (Å²) >= 11 is 0. The number of carboxylic acid groups (broad SMARTS) is 1. The molecule has 4 heteroatoms. The molecule has 0 aliphatic carbocycles. The topological polar surface area (TPSA) is 63.6 Å². The zero-order chi connectivity index (χ0) is 23.0. The molecule has 31 heavy (non-hydrogen) atoms. The summed E-state index contributed by atoms with van der Waals surface area (Å²) in [6.07, 6.45) is 26.3. The van der Waals surface area contributed by atoms with Crippen LogP contribution in [0.15, 0.2) is 12.2 Å². The Morgan fingerprint density at radius 3 is 1.68 bits per heavy atom. The van der Waals surface area contributed by atoms with Crippen molar-refractivity contribution in [2.75, 3.05) is 6.61 Å². The second kappa shape index (κ2) is 23.3. The van der Waals surface area contributed by atoms with Gasteiger partial charge in [0.05, 0.1) is 18.9 Å². The Balaban J connectivity index is 3.48. The van der Waals surface area contributed by atoms with Gasteiger partial charge in [-0.1, -0.05) is 103 Å². The molecule has 0 aromatic heterocycles. The molecule has 0 amide bonds. The van der Waals surface area contributed by atoms with Crippen molar-refractivity contribution >= 4 is 11.9 Å². The van der Waals surface area contributed by atoms with Crippen molar-refractivity contribution in [1.29, 1.82) is 0 Å². The lowest BCUT2D eigenvalue weighted by Gasteiger charge is -2.13. The van der Waals surface area contributed by atoms with E-state index in [1.54, 1.807) is 0 Å². The van der Waals surface area contributed by atoms with Crippen LogP contribution in [0.3, 0.4) is 0 Å². The van der Waals surface area contributed by atoms with Crippen molar-refractivity contribution in [3.63, 3.8) is 0 Å². The summed E-state index contributed by atoms with van der Waals surface area (Å²) in [5.74, 6) is -1.75. The van der Waals surface area contributed by atoms with Gasteiger partial charge in [-0.15, -0.1) is 0 Å². The maximum absolute atomic E-state index is 12.0. The molecule has 0 saturated heterocycles. The number of ether oxygens (including phenoxy) is 1. The quantitative estimate of drug-likeness (QED) is 0.0991. The van der Waals surface area contributed by atoms with Gasteiger partial charge in [0.2, 0.25) is 0 Å². The molecule has 0 bridgehead atoms. The van der Waals surface area contributed by atoms with E-state index in [4.69, 9.17) is 9.84 Å². The van der Waals surface area contributed by atoms with E-state index in [-0.39, 0.29) is 12.4 Å². The van der Waals surface area contributed by atoms with Crippen molar-refractivity contribution in [1.82, 2.24) is 0 Å². The number of rotatable bonds is 23. The maximum Gasteiger partial charge on any atom is 0.309 e. The Morgan fingerprint density at radius 1 is 0.710 bits per heavy atom. The first-order valence-corrected chi connectivity index (χ1v) is 13.1. The summed E-state index contributed by atoms with van der Waals surface area (Å²) in [5.41, 5.74) is 0. The summed E-state index contributed by atoms with van der Waals surface area (Å²) < 4.78 is 5.14. The van der Waals surface area contributed by atoms with Crippen molar-refractivity contribution in [3.8, 4) is 0 Å². The largest absolute Gasteiger partial charge is 0.481 e. The molecule has 182 valence electrons. The van der Waals surface area contributed by atoms with E-state index in [0.717, 1.165) is 19.3 Å². The first kappa shape index (κ1) is 29.7. The van der Waals surface area contributed by atoms with Crippen LogP contribution >= 0.6 is 0 Å². The fraction of sp³-hybridized carbons (Fsp3) is 0.852.